The number of hydrogen-bond acceptors (Lipinski definition) is 4. The molecule has 0 unspecified atom stereocenters. The number of carbonyl (C=O) groups is 1. The lowest BCUT2D eigenvalue weighted by molar-refractivity contribution is -0.132. The Balaban J connectivity index is 2.59. The van der Waals surface area contributed by atoms with Gasteiger partial charge in [0.15, 0.2) is 0 Å². The molecule has 0 bridgehead atoms. The molecule has 1 rings (SSSR count). The van der Waals surface area contributed by atoms with Crippen LogP contribution in [0.3, 0.4) is 0 Å². The van der Waals surface area contributed by atoms with E-state index in [2.05, 4.69) is 20.8 Å². The van der Waals surface area contributed by atoms with E-state index in [9.17, 15) is 13.2 Å². The van der Waals surface area contributed by atoms with Crippen molar-refractivity contribution in [1.29, 1.82) is 0 Å². The molecule has 6 heteroatoms. The predicted molar refractivity (Wildman–Crippen MR) is 110 cm³/mol. The number of benzene rings is 1. The molecule has 0 N–H and O–H groups in total. The van der Waals surface area contributed by atoms with E-state index < -0.39 is 10.1 Å². The van der Waals surface area contributed by atoms with E-state index in [1.807, 2.05) is 17.0 Å². The van der Waals surface area contributed by atoms with Gasteiger partial charge >= 0.3 is 10.1 Å². The van der Waals surface area contributed by atoms with Gasteiger partial charge in [-0.25, -0.2) is 0 Å². The van der Waals surface area contributed by atoms with Crippen molar-refractivity contribution < 1.29 is 17.4 Å². The average Bonchev–Trinajstić information content (AvgIpc) is 2.57. The fourth-order valence-electron chi connectivity index (χ4n) is 2.96. The molecule has 0 spiro atoms. The maximum Gasteiger partial charge on any atom is 0.306 e. The van der Waals surface area contributed by atoms with Gasteiger partial charge in [-0.15, -0.1) is 0 Å². The van der Waals surface area contributed by atoms with Crippen LogP contribution in [0.15, 0.2) is 24.3 Å². The third-order valence-corrected chi connectivity index (χ3v) is 4.72. The first kappa shape index (κ1) is 23.5. The van der Waals surface area contributed by atoms with Crippen molar-refractivity contribution in [3.05, 3.63) is 29.8 Å². The normalized spacial score (nSPS) is 11.6. The number of amides is 1. The molecule has 0 aliphatic carbocycles. The monoisotopic (exact) mass is 397 g/mol. The summed E-state index contributed by atoms with van der Waals surface area (Å²) in [5, 5.41) is 0. The molecule has 1 amide bonds. The van der Waals surface area contributed by atoms with E-state index in [4.69, 9.17) is 4.18 Å². The first-order valence-corrected chi connectivity index (χ1v) is 11.8. The Hall–Kier alpha value is -1.56. The second-order valence-corrected chi connectivity index (χ2v) is 9.19. The van der Waals surface area contributed by atoms with E-state index in [1.165, 1.54) is 25.7 Å². The van der Waals surface area contributed by atoms with Crippen molar-refractivity contribution in [3.8, 4) is 5.75 Å². The van der Waals surface area contributed by atoms with E-state index >= 15 is 0 Å². The number of carbonyl (C=O) groups excluding carboxylic acids is 1. The molecular weight excluding hydrogens is 362 g/mol. The highest BCUT2D eigenvalue weighted by atomic mass is 32.2. The van der Waals surface area contributed by atoms with Crippen LogP contribution in [0.1, 0.15) is 71.3 Å². The summed E-state index contributed by atoms with van der Waals surface area (Å²) in [6, 6.07) is 6.88. The molecule has 0 radical (unpaired) electrons. The van der Waals surface area contributed by atoms with Gasteiger partial charge in [-0.2, -0.15) is 8.42 Å². The second kappa shape index (κ2) is 12.0. The van der Waals surface area contributed by atoms with E-state index in [0.717, 1.165) is 31.2 Å². The summed E-state index contributed by atoms with van der Waals surface area (Å²) >= 11 is 0. The minimum Gasteiger partial charge on any atom is -0.383 e. The molecule has 0 atom stereocenters. The van der Waals surface area contributed by atoms with E-state index in [1.54, 1.807) is 12.1 Å². The molecule has 0 fully saturated rings. The summed E-state index contributed by atoms with van der Waals surface area (Å²) in [5.74, 6) is 0.872. The van der Waals surface area contributed by atoms with Crippen molar-refractivity contribution in [3.63, 3.8) is 0 Å². The zero-order valence-electron chi connectivity index (χ0n) is 17.2. The fraction of sp³-hybridized carbons (Fsp3) is 0.667. The largest absolute Gasteiger partial charge is 0.383 e. The van der Waals surface area contributed by atoms with Gasteiger partial charge in [0.05, 0.1) is 6.26 Å². The Morgan fingerprint density at radius 2 is 1.63 bits per heavy atom. The maximum atomic E-state index is 12.6. The molecule has 1 aromatic carbocycles. The molecule has 0 saturated heterocycles. The van der Waals surface area contributed by atoms with Gasteiger partial charge in [0, 0.05) is 19.5 Å². The molecule has 0 aliphatic heterocycles. The summed E-state index contributed by atoms with van der Waals surface area (Å²) in [7, 11) is -3.53. The Kier molecular flexibility index (Phi) is 10.4. The Morgan fingerprint density at radius 1 is 1.04 bits per heavy atom. The third-order valence-electron chi connectivity index (χ3n) is 4.23. The molecule has 1 aromatic rings. The van der Waals surface area contributed by atoms with Gasteiger partial charge in [-0.1, -0.05) is 65.0 Å². The van der Waals surface area contributed by atoms with Crippen molar-refractivity contribution in [1.82, 2.24) is 4.90 Å². The number of rotatable bonds is 13. The zero-order chi connectivity index (χ0) is 20.3. The highest BCUT2D eigenvalue weighted by Crippen LogP contribution is 2.17. The molecule has 0 aromatic heterocycles. The Morgan fingerprint density at radius 3 is 2.19 bits per heavy atom. The van der Waals surface area contributed by atoms with Crippen molar-refractivity contribution in [2.45, 2.75) is 72.3 Å². The van der Waals surface area contributed by atoms with Gasteiger partial charge < -0.3 is 9.08 Å². The zero-order valence-corrected chi connectivity index (χ0v) is 18.1. The lowest BCUT2D eigenvalue weighted by Gasteiger charge is -2.25. The van der Waals surface area contributed by atoms with Gasteiger partial charge in [0.1, 0.15) is 5.75 Å². The van der Waals surface area contributed by atoms with Crippen LogP contribution in [0, 0.1) is 5.92 Å². The van der Waals surface area contributed by atoms with Crippen LogP contribution in [0.4, 0.5) is 0 Å². The summed E-state index contributed by atoms with van der Waals surface area (Å²) < 4.78 is 27.2. The molecule has 27 heavy (non-hydrogen) atoms. The highest BCUT2D eigenvalue weighted by molar-refractivity contribution is 7.86. The van der Waals surface area contributed by atoms with Crippen LogP contribution < -0.4 is 4.18 Å². The van der Waals surface area contributed by atoms with E-state index in [-0.39, 0.29) is 11.7 Å². The Labute approximate surface area is 165 Å². The summed E-state index contributed by atoms with van der Waals surface area (Å²) in [6.45, 7) is 7.66. The van der Waals surface area contributed by atoms with Crippen LogP contribution >= 0.6 is 0 Å². The van der Waals surface area contributed by atoms with Crippen LogP contribution in [-0.2, 0) is 21.5 Å². The number of hydrogen-bond donors (Lipinski definition) is 0. The van der Waals surface area contributed by atoms with Crippen molar-refractivity contribution in [2.75, 3.05) is 12.8 Å². The van der Waals surface area contributed by atoms with Crippen molar-refractivity contribution >= 4 is 16.0 Å². The van der Waals surface area contributed by atoms with Crippen molar-refractivity contribution in [2.24, 2.45) is 5.92 Å². The van der Waals surface area contributed by atoms with Crippen LogP contribution in [-0.4, -0.2) is 32.0 Å². The lowest BCUT2D eigenvalue weighted by Crippen LogP contribution is -2.33. The molecule has 0 saturated carbocycles. The third kappa shape index (κ3) is 11.0. The topological polar surface area (TPSA) is 63.7 Å². The standard InChI is InChI=1S/C21H35NO4S/c1-5-6-7-8-9-10-11-21(23)22(16-18(2)3)17-19-12-14-20(15-13-19)26-27(4,24)25/h12-15,18H,5-11,16-17H2,1-4H3. The second-order valence-electron chi connectivity index (χ2n) is 7.62. The number of unbranched alkanes of at least 4 members (excludes halogenated alkanes) is 5. The van der Waals surface area contributed by atoms with Crippen LogP contribution in [0.25, 0.3) is 0 Å². The van der Waals surface area contributed by atoms with Crippen LogP contribution in [0.5, 0.6) is 5.75 Å². The average molecular weight is 398 g/mol. The summed E-state index contributed by atoms with van der Waals surface area (Å²) in [4.78, 5) is 14.6. The smallest absolute Gasteiger partial charge is 0.306 e. The van der Waals surface area contributed by atoms with E-state index in [0.29, 0.717) is 18.9 Å². The minimum atomic E-state index is -3.53. The first-order valence-electron chi connectivity index (χ1n) is 9.97. The van der Waals surface area contributed by atoms with Gasteiger partial charge in [-0.05, 0) is 30.0 Å². The molecule has 0 heterocycles. The van der Waals surface area contributed by atoms with Gasteiger partial charge in [0.2, 0.25) is 5.91 Å². The molecule has 0 aliphatic rings. The Bertz CT molecular complexity index is 653. The maximum absolute atomic E-state index is 12.6. The molecular formula is C21H35NO4S. The molecule has 5 nitrogen and oxygen atoms in total. The summed E-state index contributed by atoms with van der Waals surface area (Å²) in [6.07, 6.45) is 8.62. The molecule has 154 valence electrons. The van der Waals surface area contributed by atoms with Crippen LogP contribution in [0.2, 0.25) is 0 Å². The highest BCUT2D eigenvalue weighted by Gasteiger charge is 2.15. The minimum absolute atomic E-state index is 0.190. The number of nitrogens with zero attached hydrogens (tertiary/aromatic N) is 1. The van der Waals surface area contributed by atoms with Gasteiger partial charge in [-0.3, -0.25) is 4.79 Å². The lowest BCUT2D eigenvalue weighted by atomic mass is 10.1. The predicted octanol–water partition coefficient (Wildman–Crippen LogP) is 4.76. The first-order chi connectivity index (χ1) is 12.7. The SMILES string of the molecule is CCCCCCCCC(=O)N(Cc1ccc(OS(C)(=O)=O)cc1)CC(C)C. The fourth-order valence-corrected chi connectivity index (χ4v) is 3.42. The quantitative estimate of drug-likeness (QED) is 0.356. The summed E-state index contributed by atoms with van der Waals surface area (Å²) in [5.41, 5.74) is 0.966. The van der Waals surface area contributed by atoms with Gasteiger partial charge in [0.25, 0.3) is 0 Å².